The standard InChI is InChI=1S/C17H20N2O/c1-19-10-9-13-11-15(20-2)7-8-16(13)17(19)12-3-5-14(18)6-4-12/h3-8,11,17H,9-10,18H2,1-2H3. The Balaban J connectivity index is 2.05. The van der Waals surface area contributed by atoms with Gasteiger partial charge >= 0.3 is 0 Å². The summed E-state index contributed by atoms with van der Waals surface area (Å²) in [6.07, 6.45) is 1.06. The summed E-state index contributed by atoms with van der Waals surface area (Å²) in [7, 11) is 3.89. The summed E-state index contributed by atoms with van der Waals surface area (Å²) in [4.78, 5) is 2.39. The predicted octanol–water partition coefficient (Wildman–Crippen LogP) is 2.85. The van der Waals surface area contributed by atoms with Crippen molar-refractivity contribution < 1.29 is 4.74 Å². The second kappa shape index (κ2) is 5.17. The molecule has 104 valence electrons. The molecule has 2 aromatic carbocycles. The summed E-state index contributed by atoms with van der Waals surface area (Å²) in [6, 6.07) is 14.9. The molecule has 1 aliphatic heterocycles. The molecule has 0 aromatic heterocycles. The van der Waals surface area contributed by atoms with Gasteiger partial charge in [-0.25, -0.2) is 0 Å². The first-order valence-electron chi connectivity index (χ1n) is 6.91. The zero-order valence-electron chi connectivity index (χ0n) is 12.0. The van der Waals surface area contributed by atoms with Crippen LogP contribution in [-0.4, -0.2) is 25.6 Å². The quantitative estimate of drug-likeness (QED) is 0.851. The van der Waals surface area contributed by atoms with Crippen molar-refractivity contribution in [3.05, 3.63) is 59.2 Å². The molecule has 1 atom stereocenters. The monoisotopic (exact) mass is 268 g/mol. The smallest absolute Gasteiger partial charge is 0.119 e. The lowest BCUT2D eigenvalue weighted by Crippen LogP contribution is -2.32. The van der Waals surface area contributed by atoms with Gasteiger partial charge < -0.3 is 10.5 Å². The number of nitrogens with zero attached hydrogens (tertiary/aromatic N) is 1. The first-order valence-corrected chi connectivity index (χ1v) is 6.91. The number of fused-ring (bicyclic) bond motifs is 1. The summed E-state index contributed by atoms with van der Waals surface area (Å²) in [5.74, 6) is 0.935. The fraction of sp³-hybridized carbons (Fsp3) is 0.294. The molecule has 3 rings (SSSR count). The molecule has 0 aliphatic carbocycles. The molecule has 0 spiro atoms. The Labute approximate surface area is 120 Å². The van der Waals surface area contributed by atoms with E-state index >= 15 is 0 Å². The Morgan fingerprint density at radius 1 is 1.15 bits per heavy atom. The number of likely N-dealkylation sites (N-methyl/N-ethyl adjacent to an activating group) is 1. The molecule has 0 saturated heterocycles. The average molecular weight is 268 g/mol. The summed E-state index contributed by atoms with van der Waals surface area (Å²) in [5.41, 5.74) is 10.6. The second-order valence-corrected chi connectivity index (χ2v) is 5.36. The third-order valence-electron chi connectivity index (χ3n) is 4.07. The van der Waals surface area contributed by atoms with Crippen LogP contribution in [-0.2, 0) is 6.42 Å². The van der Waals surface area contributed by atoms with E-state index in [1.54, 1.807) is 7.11 Å². The van der Waals surface area contributed by atoms with E-state index in [1.165, 1.54) is 16.7 Å². The van der Waals surface area contributed by atoms with Crippen LogP contribution < -0.4 is 10.5 Å². The third-order valence-corrected chi connectivity index (χ3v) is 4.07. The highest BCUT2D eigenvalue weighted by Gasteiger charge is 2.26. The first kappa shape index (κ1) is 13.0. The molecule has 3 heteroatoms. The van der Waals surface area contributed by atoms with E-state index in [9.17, 15) is 0 Å². The number of benzene rings is 2. The lowest BCUT2D eigenvalue weighted by atomic mass is 9.88. The summed E-state index contributed by atoms with van der Waals surface area (Å²) in [5, 5.41) is 0. The lowest BCUT2D eigenvalue weighted by molar-refractivity contribution is 0.264. The Morgan fingerprint density at radius 2 is 1.90 bits per heavy atom. The van der Waals surface area contributed by atoms with E-state index in [0.717, 1.165) is 24.4 Å². The zero-order valence-corrected chi connectivity index (χ0v) is 12.0. The van der Waals surface area contributed by atoms with Crippen molar-refractivity contribution in [3.8, 4) is 5.75 Å². The fourth-order valence-electron chi connectivity index (χ4n) is 2.97. The Morgan fingerprint density at radius 3 is 2.60 bits per heavy atom. The zero-order chi connectivity index (χ0) is 14.1. The number of nitrogen functional groups attached to an aromatic ring is 1. The highest BCUT2D eigenvalue weighted by atomic mass is 16.5. The van der Waals surface area contributed by atoms with E-state index < -0.39 is 0 Å². The van der Waals surface area contributed by atoms with Crippen LogP contribution in [0.4, 0.5) is 5.69 Å². The first-order chi connectivity index (χ1) is 9.69. The maximum atomic E-state index is 5.79. The lowest BCUT2D eigenvalue weighted by Gasteiger charge is -2.35. The van der Waals surface area contributed by atoms with Crippen molar-refractivity contribution in [2.45, 2.75) is 12.5 Å². The molecule has 1 unspecified atom stereocenters. The van der Waals surface area contributed by atoms with Gasteiger partial charge in [0.2, 0.25) is 0 Å². The third kappa shape index (κ3) is 2.25. The predicted molar refractivity (Wildman–Crippen MR) is 82.0 cm³/mol. The SMILES string of the molecule is COc1ccc2c(c1)CCN(C)C2c1ccc(N)cc1. The maximum Gasteiger partial charge on any atom is 0.119 e. The molecule has 0 bridgehead atoms. The summed E-state index contributed by atoms with van der Waals surface area (Å²) >= 11 is 0. The van der Waals surface area contributed by atoms with Crippen LogP contribution in [0.5, 0.6) is 5.75 Å². The Bertz CT molecular complexity index is 607. The Kier molecular flexibility index (Phi) is 3.36. The molecular weight excluding hydrogens is 248 g/mol. The van der Waals surface area contributed by atoms with Gasteiger partial charge in [-0.1, -0.05) is 18.2 Å². The Hall–Kier alpha value is -2.00. The van der Waals surface area contributed by atoms with Crippen LogP contribution in [0.1, 0.15) is 22.7 Å². The van der Waals surface area contributed by atoms with E-state index in [2.05, 4.69) is 36.2 Å². The van der Waals surface area contributed by atoms with E-state index in [-0.39, 0.29) is 0 Å². The van der Waals surface area contributed by atoms with E-state index in [4.69, 9.17) is 10.5 Å². The van der Waals surface area contributed by atoms with Crippen LogP contribution in [0, 0.1) is 0 Å². The van der Waals surface area contributed by atoms with Crippen molar-refractivity contribution in [2.75, 3.05) is 26.4 Å². The highest BCUT2D eigenvalue weighted by Crippen LogP contribution is 2.35. The number of nitrogens with two attached hydrogens (primary N) is 1. The molecular formula is C17H20N2O. The van der Waals surface area contributed by atoms with Crippen molar-refractivity contribution >= 4 is 5.69 Å². The second-order valence-electron chi connectivity index (χ2n) is 5.36. The van der Waals surface area contributed by atoms with Gasteiger partial charge in [0.15, 0.2) is 0 Å². The topological polar surface area (TPSA) is 38.5 Å². The average Bonchev–Trinajstić information content (AvgIpc) is 2.48. The van der Waals surface area contributed by atoms with E-state index in [1.807, 2.05) is 18.2 Å². The van der Waals surface area contributed by atoms with Crippen LogP contribution in [0.25, 0.3) is 0 Å². The molecule has 0 fully saturated rings. The van der Waals surface area contributed by atoms with Gasteiger partial charge in [0.05, 0.1) is 13.2 Å². The van der Waals surface area contributed by atoms with Gasteiger partial charge in [-0.2, -0.15) is 0 Å². The number of methoxy groups -OCH3 is 1. The number of anilines is 1. The van der Waals surface area contributed by atoms with Gasteiger partial charge in [0.1, 0.15) is 5.75 Å². The highest BCUT2D eigenvalue weighted by molar-refractivity contribution is 5.46. The van der Waals surface area contributed by atoms with Crippen molar-refractivity contribution in [1.29, 1.82) is 0 Å². The van der Waals surface area contributed by atoms with Gasteiger partial charge in [0, 0.05) is 12.2 Å². The summed E-state index contributed by atoms with van der Waals surface area (Å²) < 4.78 is 5.33. The molecule has 3 nitrogen and oxygen atoms in total. The van der Waals surface area contributed by atoms with Gasteiger partial charge in [-0.05, 0) is 54.4 Å². The number of ether oxygens (including phenoxy) is 1. The van der Waals surface area contributed by atoms with Gasteiger partial charge in [0.25, 0.3) is 0 Å². The van der Waals surface area contributed by atoms with Gasteiger partial charge in [-0.15, -0.1) is 0 Å². The number of hydrogen-bond donors (Lipinski definition) is 1. The maximum absolute atomic E-state index is 5.79. The molecule has 20 heavy (non-hydrogen) atoms. The van der Waals surface area contributed by atoms with Gasteiger partial charge in [-0.3, -0.25) is 4.90 Å². The molecule has 2 aromatic rings. The largest absolute Gasteiger partial charge is 0.497 e. The number of hydrogen-bond acceptors (Lipinski definition) is 3. The molecule has 1 aliphatic rings. The van der Waals surface area contributed by atoms with Crippen LogP contribution >= 0.6 is 0 Å². The summed E-state index contributed by atoms with van der Waals surface area (Å²) in [6.45, 7) is 1.05. The molecule has 0 radical (unpaired) electrons. The van der Waals surface area contributed by atoms with Crippen molar-refractivity contribution in [1.82, 2.24) is 4.90 Å². The molecule has 2 N–H and O–H groups in total. The fourth-order valence-corrected chi connectivity index (χ4v) is 2.97. The van der Waals surface area contributed by atoms with Crippen LogP contribution in [0.3, 0.4) is 0 Å². The molecule has 1 heterocycles. The minimum absolute atomic E-state index is 0.297. The molecule has 0 saturated carbocycles. The normalized spacial score (nSPS) is 18.6. The number of rotatable bonds is 2. The molecule has 0 amide bonds. The van der Waals surface area contributed by atoms with Crippen LogP contribution in [0.15, 0.2) is 42.5 Å². The minimum Gasteiger partial charge on any atom is -0.497 e. The van der Waals surface area contributed by atoms with Crippen molar-refractivity contribution in [3.63, 3.8) is 0 Å². The van der Waals surface area contributed by atoms with Crippen molar-refractivity contribution in [2.24, 2.45) is 0 Å². The minimum atomic E-state index is 0.297. The van der Waals surface area contributed by atoms with E-state index in [0.29, 0.717) is 6.04 Å². The van der Waals surface area contributed by atoms with Crippen LogP contribution in [0.2, 0.25) is 0 Å².